The summed E-state index contributed by atoms with van der Waals surface area (Å²) in [5.74, 6) is 3.66. The van der Waals surface area contributed by atoms with Crippen molar-refractivity contribution in [1.82, 2.24) is 9.97 Å². The van der Waals surface area contributed by atoms with Crippen LogP contribution in [0.4, 0.5) is 0 Å². The van der Waals surface area contributed by atoms with Crippen molar-refractivity contribution in [3.05, 3.63) is 22.2 Å². The first-order valence-corrected chi connectivity index (χ1v) is 6.77. The Hall–Kier alpha value is -0.700. The molecular weight excluding hydrogens is 216 g/mol. The van der Waals surface area contributed by atoms with Crippen LogP contribution in [0.5, 0.6) is 0 Å². The second-order valence-electron chi connectivity index (χ2n) is 5.26. The fourth-order valence-electron chi connectivity index (χ4n) is 3.47. The van der Waals surface area contributed by atoms with Gasteiger partial charge in [0.2, 0.25) is 0 Å². The predicted molar refractivity (Wildman–Crippen MR) is 67.0 cm³/mol. The zero-order chi connectivity index (χ0) is 11.1. The summed E-state index contributed by atoms with van der Waals surface area (Å²) in [6.45, 7) is 2.16. The van der Waals surface area contributed by atoms with Crippen LogP contribution >= 0.6 is 12.2 Å². The normalized spacial score (nSPS) is 32.2. The first-order valence-electron chi connectivity index (χ1n) is 6.36. The van der Waals surface area contributed by atoms with Crippen molar-refractivity contribution in [3.63, 3.8) is 0 Å². The molecule has 3 atom stereocenters. The van der Waals surface area contributed by atoms with Crippen LogP contribution in [-0.4, -0.2) is 9.97 Å². The number of aromatic nitrogens is 2. The van der Waals surface area contributed by atoms with Gasteiger partial charge >= 0.3 is 0 Å². The van der Waals surface area contributed by atoms with Crippen LogP contribution in [-0.2, 0) is 6.42 Å². The quantitative estimate of drug-likeness (QED) is 0.792. The summed E-state index contributed by atoms with van der Waals surface area (Å²) in [4.78, 5) is 8.03. The lowest BCUT2D eigenvalue weighted by atomic mass is 9.88. The Morgan fingerprint density at radius 3 is 2.94 bits per heavy atom. The van der Waals surface area contributed by atoms with Gasteiger partial charge in [-0.1, -0.05) is 25.6 Å². The zero-order valence-electron chi connectivity index (χ0n) is 9.70. The summed E-state index contributed by atoms with van der Waals surface area (Å²) in [6, 6.07) is 1.99. The Morgan fingerprint density at radius 2 is 2.31 bits per heavy atom. The van der Waals surface area contributed by atoms with Crippen LogP contribution in [0.15, 0.2) is 6.07 Å². The van der Waals surface area contributed by atoms with Gasteiger partial charge in [0.05, 0.1) is 0 Å². The van der Waals surface area contributed by atoms with Gasteiger partial charge in [-0.2, -0.15) is 0 Å². The maximum atomic E-state index is 5.24. The van der Waals surface area contributed by atoms with Gasteiger partial charge in [-0.25, -0.2) is 4.98 Å². The lowest BCUT2D eigenvalue weighted by Crippen LogP contribution is -2.13. The topological polar surface area (TPSA) is 28.7 Å². The van der Waals surface area contributed by atoms with Crippen molar-refractivity contribution in [2.24, 2.45) is 11.8 Å². The van der Waals surface area contributed by atoms with E-state index in [0.29, 0.717) is 5.92 Å². The van der Waals surface area contributed by atoms with E-state index in [1.54, 1.807) is 0 Å². The third-order valence-corrected chi connectivity index (χ3v) is 4.50. The van der Waals surface area contributed by atoms with Crippen molar-refractivity contribution < 1.29 is 0 Å². The Bertz CT molecular complexity index is 451. The predicted octanol–water partition coefficient (Wildman–Crippen LogP) is 3.61. The minimum atomic E-state index is 0.659. The van der Waals surface area contributed by atoms with E-state index in [4.69, 9.17) is 12.2 Å². The number of aryl methyl sites for hydroxylation is 1. The first-order chi connectivity index (χ1) is 7.76. The van der Waals surface area contributed by atoms with Crippen LogP contribution < -0.4 is 0 Å². The highest BCUT2D eigenvalue weighted by Gasteiger charge is 2.41. The second kappa shape index (κ2) is 3.95. The molecule has 2 saturated carbocycles. The minimum absolute atomic E-state index is 0.659. The zero-order valence-corrected chi connectivity index (χ0v) is 10.5. The first kappa shape index (κ1) is 10.5. The maximum Gasteiger partial charge on any atom is 0.129 e. The van der Waals surface area contributed by atoms with Gasteiger partial charge in [-0.05, 0) is 43.6 Å². The average molecular weight is 234 g/mol. The average Bonchev–Trinajstić information content (AvgIpc) is 2.89. The summed E-state index contributed by atoms with van der Waals surface area (Å²) in [5, 5.41) is 0. The summed E-state index contributed by atoms with van der Waals surface area (Å²) in [5.41, 5.74) is 1.23. The van der Waals surface area contributed by atoms with Crippen molar-refractivity contribution in [1.29, 1.82) is 0 Å². The monoisotopic (exact) mass is 234 g/mol. The van der Waals surface area contributed by atoms with Gasteiger partial charge in [-0.3, -0.25) is 0 Å². The van der Waals surface area contributed by atoms with Gasteiger partial charge in [0.25, 0.3) is 0 Å². The molecule has 16 heavy (non-hydrogen) atoms. The fraction of sp³-hybridized carbons (Fsp3) is 0.692. The van der Waals surface area contributed by atoms with E-state index in [-0.39, 0.29) is 0 Å². The van der Waals surface area contributed by atoms with E-state index >= 15 is 0 Å². The summed E-state index contributed by atoms with van der Waals surface area (Å²) in [7, 11) is 0. The van der Waals surface area contributed by atoms with Crippen molar-refractivity contribution in [2.75, 3.05) is 0 Å². The summed E-state index contributed by atoms with van der Waals surface area (Å²) < 4.78 is 0.758. The summed E-state index contributed by atoms with van der Waals surface area (Å²) >= 11 is 5.24. The highest BCUT2D eigenvalue weighted by atomic mass is 32.1. The van der Waals surface area contributed by atoms with Crippen LogP contribution in [0.25, 0.3) is 0 Å². The largest absolute Gasteiger partial charge is 0.347 e. The molecule has 0 spiro atoms. The molecule has 0 radical (unpaired) electrons. The molecule has 2 fully saturated rings. The molecule has 0 aromatic carbocycles. The number of hydrogen-bond donors (Lipinski definition) is 1. The number of nitrogens with zero attached hydrogens (tertiary/aromatic N) is 1. The van der Waals surface area contributed by atoms with Gasteiger partial charge in [0.15, 0.2) is 0 Å². The second-order valence-corrected chi connectivity index (χ2v) is 5.68. The van der Waals surface area contributed by atoms with Crippen LogP contribution in [0, 0.1) is 16.5 Å². The Morgan fingerprint density at radius 1 is 1.44 bits per heavy atom. The molecule has 1 N–H and O–H groups in total. The fourth-order valence-corrected chi connectivity index (χ4v) is 3.71. The molecule has 3 heteroatoms. The van der Waals surface area contributed by atoms with Crippen molar-refractivity contribution in [2.45, 2.75) is 44.9 Å². The molecule has 2 aliphatic carbocycles. The van der Waals surface area contributed by atoms with E-state index in [1.807, 2.05) is 6.07 Å². The molecule has 0 aliphatic heterocycles. The third kappa shape index (κ3) is 1.71. The number of aromatic amines is 1. The number of H-pyrrole nitrogens is 1. The smallest absolute Gasteiger partial charge is 0.129 e. The van der Waals surface area contributed by atoms with Crippen molar-refractivity contribution in [3.8, 4) is 0 Å². The SMILES string of the molecule is CCc1cc(=S)nc(C2CC3CCC2C3)[nH]1. The van der Waals surface area contributed by atoms with Gasteiger partial charge in [0, 0.05) is 11.6 Å². The van der Waals surface area contributed by atoms with Gasteiger partial charge < -0.3 is 4.98 Å². The lowest BCUT2D eigenvalue weighted by molar-refractivity contribution is 0.404. The molecule has 0 saturated heterocycles. The third-order valence-electron chi connectivity index (χ3n) is 4.29. The molecule has 0 amide bonds. The minimum Gasteiger partial charge on any atom is -0.347 e. The molecule has 3 unspecified atom stereocenters. The molecule has 1 heterocycles. The number of rotatable bonds is 2. The Balaban J connectivity index is 1.94. The molecule has 86 valence electrons. The van der Waals surface area contributed by atoms with Gasteiger partial charge in [0.1, 0.15) is 10.5 Å². The van der Waals surface area contributed by atoms with Crippen LogP contribution in [0.1, 0.15) is 50.0 Å². The molecule has 1 aromatic rings. The highest BCUT2D eigenvalue weighted by molar-refractivity contribution is 7.71. The van der Waals surface area contributed by atoms with Crippen LogP contribution in [0.3, 0.4) is 0 Å². The van der Waals surface area contributed by atoms with Gasteiger partial charge in [-0.15, -0.1) is 0 Å². The van der Waals surface area contributed by atoms with E-state index in [1.165, 1.54) is 31.4 Å². The Kier molecular flexibility index (Phi) is 2.58. The molecular formula is C13H18N2S. The molecule has 2 nitrogen and oxygen atoms in total. The van der Waals surface area contributed by atoms with Crippen LogP contribution in [0.2, 0.25) is 0 Å². The number of nitrogens with one attached hydrogen (secondary N) is 1. The maximum absolute atomic E-state index is 5.24. The molecule has 1 aromatic heterocycles. The molecule has 2 aliphatic rings. The van der Waals surface area contributed by atoms with E-state index in [0.717, 1.165) is 28.7 Å². The number of hydrogen-bond acceptors (Lipinski definition) is 2. The van der Waals surface area contributed by atoms with E-state index in [2.05, 4.69) is 16.9 Å². The molecule has 3 rings (SSSR count). The van der Waals surface area contributed by atoms with Crippen molar-refractivity contribution >= 4 is 12.2 Å². The number of fused-ring (bicyclic) bond motifs is 2. The standard InChI is InChI=1S/C13H18N2S/c1-2-10-7-12(16)15-13(14-10)11-6-8-3-4-9(11)5-8/h7-9,11H,2-6H2,1H3,(H,14,15,16). The Labute approximate surface area is 102 Å². The molecule has 2 bridgehead atoms. The summed E-state index contributed by atoms with van der Waals surface area (Å²) in [6.07, 6.45) is 6.60. The highest BCUT2D eigenvalue weighted by Crippen LogP contribution is 2.51. The van der Waals surface area contributed by atoms with E-state index < -0.39 is 0 Å². The van der Waals surface area contributed by atoms with E-state index in [9.17, 15) is 0 Å². The lowest BCUT2D eigenvalue weighted by Gasteiger charge is -2.21.